The summed E-state index contributed by atoms with van der Waals surface area (Å²) in [6.07, 6.45) is 1.91. The van der Waals surface area contributed by atoms with Crippen LogP contribution in [0.15, 0.2) is 65.4 Å². The normalized spacial score (nSPS) is 16.2. The number of ether oxygens (including phenoxy) is 2. The first-order chi connectivity index (χ1) is 14.4. The van der Waals surface area contributed by atoms with Crippen LogP contribution >= 0.6 is 0 Å². The maximum atomic E-state index is 11.9. The molecule has 0 saturated carbocycles. The van der Waals surface area contributed by atoms with Crippen LogP contribution in [0.4, 0.5) is 5.69 Å². The summed E-state index contributed by atoms with van der Waals surface area (Å²) in [6.45, 7) is 3.78. The molecule has 1 atom stereocenters. The second-order valence-corrected chi connectivity index (χ2v) is 6.73. The highest BCUT2D eigenvalue weighted by molar-refractivity contribution is 6.02. The number of esters is 1. The van der Waals surface area contributed by atoms with Gasteiger partial charge in [-0.05, 0) is 49.2 Å². The minimum absolute atomic E-state index is 0.0115. The summed E-state index contributed by atoms with van der Waals surface area (Å²) in [5.41, 5.74) is 3.07. The summed E-state index contributed by atoms with van der Waals surface area (Å²) in [7, 11) is 1.60. The molecule has 0 aromatic heterocycles. The molecule has 0 spiro atoms. The Kier molecular flexibility index (Phi) is 6.46. The molecule has 0 N–H and O–H groups in total. The fourth-order valence-electron chi connectivity index (χ4n) is 3.32. The summed E-state index contributed by atoms with van der Waals surface area (Å²) in [5, 5.41) is 17.7. The summed E-state index contributed by atoms with van der Waals surface area (Å²) >= 11 is 0. The Morgan fingerprint density at radius 2 is 2.03 bits per heavy atom. The van der Waals surface area contributed by atoms with Crippen molar-refractivity contribution < 1.29 is 19.2 Å². The van der Waals surface area contributed by atoms with Crippen molar-refractivity contribution in [3.63, 3.8) is 0 Å². The van der Waals surface area contributed by atoms with Gasteiger partial charge in [0.1, 0.15) is 5.75 Å². The van der Waals surface area contributed by atoms with Crippen LogP contribution in [-0.2, 0) is 9.53 Å². The van der Waals surface area contributed by atoms with E-state index in [1.165, 1.54) is 12.1 Å². The van der Waals surface area contributed by atoms with Gasteiger partial charge in [0.15, 0.2) is 0 Å². The van der Waals surface area contributed by atoms with Crippen molar-refractivity contribution in [3.05, 3.63) is 81.5 Å². The van der Waals surface area contributed by atoms with Gasteiger partial charge < -0.3 is 9.47 Å². The maximum absolute atomic E-state index is 11.9. The van der Waals surface area contributed by atoms with Gasteiger partial charge in [0, 0.05) is 30.3 Å². The van der Waals surface area contributed by atoms with Crippen LogP contribution in [0.3, 0.4) is 0 Å². The largest absolute Gasteiger partial charge is 0.497 e. The molecule has 0 aliphatic carbocycles. The molecule has 156 valence electrons. The van der Waals surface area contributed by atoms with Crippen LogP contribution in [0.2, 0.25) is 0 Å². The smallest absolute Gasteiger partial charge is 0.332 e. The summed E-state index contributed by atoms with van der Waals surface area (Å²) in [4.78, 5) is 22.7. The molecule has 2 aromatic carbocycles. The standard InChI is InChI=1S/C22H23N3O5/c1-4-30-22(26)12-15(2)24-21(17-6-5-7-18(13-17)25(27)28)14-20(23-24)16-8-10-19(29-3)11-9-16/h5-13,21H,4,14H2,1-3H3/b15-12+/t21-/m0/s1. The van der Waals surface area contributed by atoms with Gasteiger partial charge in [-0.15, -0.1) is 0 Å². The number of nitrogens with zero attached hydrogens (tertiary/aromatic N) is 3. The molecule has 30 heavy (non-hydrogen) atoms. The van der Waals surface area contributed by atoms with Crippen LogP contribution in [0, 0.1) is 10.1 Å². The summed E-state index contributed by atoms with van der Waals surface area (Å²) in [5.74, 6) is 0.281. The van der Waals surface area contributed by atoms with Gasteiger partial charge in [-0.3, -0.25) is 15.1 Å². The number of hydrogen-bond donors (Lipinski definition) is 0. The SMILES string of the molecule is CCOC(=O)/C=C(\C)N1N=C(c2ccc(OC)cc2)C[C@H]1c1cccc([N+](=O)[O-])c1. The summed E-state index contributed by atoms with van der Waals surface area (Å²) < 4.78 is 10.2. The van der Waals surface area contributed by atoms with Crippen LogP contribution < -0.4 is 4.74 Å². The molecule has 8 nitrogen and oxygen atoms in total. The molecule has 0 radical (unpaired) electrons. The predicted octanol–water partition coefficient (Wildman–Crippen LogP) is 4.22. The predicted molar refractivity (Wildman–Crippen MR) is 112 cm³/mol. The van der Waals surface area contributed by atoms with E-state index in [0.29, 0.717) is 12.1 Å². The Hall–Kier alpha value is -3.68. The van der Waals surface area contributed by atoms with Crippen molar-refractivity contribution in [2.24, 2.45) is 5.10 Å². The van der Waals surface area contributed by atoms with E-state index in [1.54, 1.807) is 38.1 Å². The molecular formula is C22H23N3O5. The molecule has 0 fully saturated rings. The molecule has 3 rings (SSSR count). The Morgan fingerprint density at radius 3 is 2.67 bits per heavy atom. The highest BCUT2D eigenvalue weighted by Crippen LogP contribution is 2.36. The molecule has 8 heteroatoms. The zero-order chi connectivity index (χ0) is 21.7. The van der Waals surface area contributed by atoms with Crippen molar-refractivity contribution in [1.82, 2.24) is 5.01 Å². The molecule has 1 heterocycles. The number of hydrazone groups is 1. The van der Waals surface area contributed by atoms with E-state index in [4.69, 9.17) is 14.6 Å². The zero-order valence-corrected chi connectivity index (χ0v) is 17.1. The second kappa shape index (κ2) is 9.21. The number of allylic oxidation sites excluding steroid dienone is 1. The molecule has 0 amide bonds. The van der Waals surface area contributed by atoms with E-state index in [-0.39, 0.29) is 18.3 Å². The number of nitro benzene ring substituents is 1. The highest BCUT2D eigenvalue weighted by Gasteiger charge is 2.31. The molecule has 0 saturated heterocycles. The van der Waals surface area contributed by atoms with Crippen molar-refractivity contribution in [1.29, 1.82) is 0 Å². The Balaban J connectivity index is 1.98. The first-order valence-corrected chi connectivity index (χ1v) is 9.53. The van der Waals surface area contributed by atoms with E-state index >= 15 is 0 Å². The second-order valence-electron chi connectivity index (χ2n) is 6.73. The van der Waals surface area contributed by atoms with Crippen LogP contribution in [0.25, 0.3) is 0 Å². The monoisotopic (exact) mass is 409 g/mol. The molecule has 1 aliphatic heterocycles. The van der Waals surface area contributed by atoms with Gasteiger partial charge in [0.05, 0.1) is 30.4 Å². The number of hydrogen-bond acceptors (Lipinski definition) is 7. The highest BCUT2D eigenvalue weighted by atomic mass is 16.6. The fourth-order valence-corrected chi connectivity index (χ4v) is 3.32. The summed E-state index contributed by atoms with van der Waals surface area (Å²) in [6, 6.07) is 13.7. The van der Waals surface area contributed by atoms with Gasteiger partial charge in [-0.1, -0.05) is 12.1 Å². The van der Waals surface area contributed by atoms with Gasteiger partial charge in [-0.25, -0.2) is 4.79 Å². The third-order valence-electron chi connectivity index (χ3n) is 4.77. The number of nitro groups is 1. The number of methoxy groups -OCH3 is 1. The molecule has 0 unspecified atom stereocenters. The first-order valence-electron chi connectivity index (χ1n) is 9.53. The minimum atomic E-state index is -0.458. The number of non-ortho nitro benzene ring substituents is 1. The molecule has 2 aromatic rings. The fraction of sp³-hybridized carbons (Fsp3) is 0.273. The van der Waals surface area contributed by atoms with Gasteiger partial charge >= 0.3 is 5.97 Å². The first kappa shape index (κ1) is 21.0. The van der Waals surface area contributed by atoms with Crippen molar-refractivity contribution in [3.8, 4) is 5.75 Å². The van der Waals surface area contributed by atoms with E-state index in [9.17, 15) is 14.9 Å². The minimum Gasteiger partial charge on any atom is -0.497 e. The quantitative estimate of drug-likeness (QED) is 0.294. The Bertz CT molecular complexity index is 998. The topological polar surface area (TPSA) is 94.3 Å². The van der Waals surface area contributed by atoms with E-state index in [1.807, 2.05) is 30.3 Å². The van der Waals surface area contributed by atoms with E-state index in [2.05, 4.69) is 0 Å². The lowest BCUT2D eigenvalue weighted by Gasteiger charge is -2.24. The third kappa shape index (κ3) is 4.65. The Morgan fingerprint density at radius 1 is 1.30 bits per heavy atom. The van der Waals surface area contributed by atoms with E-state index in [0.717, 1.165) is 22.6 Å². The average Bonchev–Trinajstić information content (AvgIpc) is 3.20. The van der Waals surface area contributed by atoms with Crippen LogP contribution in [-0.4, -0.2) is 35.3 Å². The van der Waals surface area contributed by atoms with Crippen LogP contribution in [0.5, 0.6) is 5.75 Å². The lowest BCUT2D eigenvalue weighted by molar-refractivity contribution is -0.384. The third-order valence-corrected chi connectivity index (χ3v) is 4.77. The maximum Gasteiger partial charge on any atom is 0.332 e. The number of carbonyl (C=O) groups is 1. The molecule has 0 bridgehead atoms. The molecule has 1 aliphatic rings. The van der Waals surface area contributed by atoms with E-state index < -0.39 is 10.9 Å². The number of rotatable bonds is 7. The van der Waals surface area contributed by atoms with Gasteiger partial charge in [0.25, 0.3) is 5.69 Å². The lowest BCUT2D eigenvalue weighted by atomic mass is 9.98. The van der Waals surface area contributed by atoms with Crippen molar-refractivity contribution >= 4 is 17.4 Å². The lowest BCUT2D eigenvalue weighted by Crippen LogP contribution is -2.19. The van der Waals surface area contributed by atoms with Crippen molar-refractivity contribution in [2.75, 3.05) is 13.7 Å². The van der Waals surface area contributed by atoms with Gasteiger partial charge in [-0.2, -0.15) is 5.10 Å². The number of carbonyl (C=O) groups excluding carboxylic acids is 1. The average molecular weight is 409 g/mol. The van der Waals surface area contributed by atoms with Crippen molar-refractivity contribution in [2.45, 2.75) is 26.3 Å². The molecular weight excluding hydrogens is 386 g/mol. The Labute approximate surface area is 174 Å². The zero-order valence-electron chi connectivity index (χ0n) is 17.1. The van der Waals surface area contributed by atoms with Crippen LogP contribution in [0.1, 0.15) is 37.4 Å². The van der Waals surface area contributed by atoms with Gasteiger partial charge in [0.2, 0.25) is 0 Å². The number of benzene rings is 2.